The number of unbranched alkanes of at least 4 members (excludes halogenated alkanes) is 3. The van der Waals surface area contributed by atoms with Crippen LogP contribution in [0.15, 0.2) is 42.5 Å². The van der Waals surface area contributed by atoms with Gasteiger partial charge in [0.15, 0.2) is 0 Å². The van der Waals surface area contributed by atoms with Crippen molar-refractivity contribution in [3.05, 3.63) is 48.0 Å². The zero-order chi connectivity index (χ0) is 24.9. The third-order valence-corrected chi connectivity index (χ3v) is 26.9. The number of allylic oxidation sites excluding steroid dienone is 2. The van der Waals surface area contributed by atoms with E-state index < -0.39 is 18.4 Å². The monoisotopic (exact) mass is 575 g/mol. The molecule has 1 aliphatic carbocycles. The van der Waals surface area contributed by atoms with Gasteiger partial charge in [0.1, 0.15) is 0 Å². The average molecular weight is 574 g/mol. The molecule has 1 atom stereocenters. The summed E-state index contributed by atoms with van der Waals surface area (Å²) >= 11 is -2.94. The summed E-state index contributed by atoms with van der Waals surface area (Å²) in [5, 5.41) is 0. The van der Waals surface area contributed by atoms with Crippen LogP contribution in [0, 0.1) is 5.92 Å². The Balaban J connectivity index is 2.75. The Labute approximate surface area is 215 Å². The van der Waals surface area contributed by atoms with Crippen LogP contribution in [0.2, 0.25) is 13.3 Å². The molecule has 34 heavy (non-hydrogen) atoms. The number of rotatable bonds is 15. The molecule has 1 amide bonds. The molecule has 2 rings (SSSR count). The van der Waals surface area contributed by atoms with Gasteiger partial charge in [-0.1, -0.05) is 0 Å². The van der Waals surface area contributed by atoms with Crippen LogP contribution in [-0.4, -0.2) is 43.3 Å². The van der Waals surface area contributed by atoms with Crippen molar-refractivity contribution >= 4 is 24.3 Å². The average Bonchev–Trinajstić information content (AvgIpc) is 2.87. The number of nitrogens with zero attached hydrogens (tertiary/aromatic N) is 1. The molecule has 0 aliphatic heterocycles. The van der Waals surface area contributed by atoms with Gasteiger partial charge in [-0.3, -0.25) is 0 Å². The Morgan fingerprint density at radius 3 is 1.91 bits per heavy atom. The van der Waals surface area contributed by atoms with Crippen LogP contribution in [0.1, 0.15) is 103 Å². The molecule has 192 valence electrons. The maximum atomic E-state index is 13.6. The molecule has 1 unspecified atom stereocenters. The molecule has 1 aliphatic rings. The first-order valence-electron chi connectivity index (χ1n) is 14.4. The quantitative estimate of drug-likeness (QED) is 0.151. The molecule has 0 heterocycles. The molecule has 0 saturated heterocycles. The number of carbonyl (C=O) groups excluding carboxylic acids is 1. The summed E-state index contributed by atoms with van der Waals surface area (Å²) in [4.78, 5) is 15.4. The van der Waals surface area contributed by atoms with E-state index >= 15 is 0 Å². The van der Waals surface area contributed by atoms with Crippen LogP contribution in [0.5, 0.6) is 0 Å². The molecule has 0 spiro atoms. The van der Waals surface area contributed by atoms with E-state index in [1.54, 1.807) is 0 Å². The number of benzene rings is 1. The van der Waals surface area contributed by atoms with Crippen molar-refractivity contribution in [2.45, 2.75) is 115 Å². The van der Waals surface area contributed by atoms with Gasteiger partial charge >= 0.3 is 217 Å². The first-order valence-corrected chi connectivity index (χ1v) is 21.9. The Hall–Kier alpha value is -0.771. The number of hydrogen-bond acceptors (Lipinski definition) is 1. The molecule has 1 saturated carbocycles. The van der Waals surface area contributed by atoms with Crippen molar-refractivity contribution in [1.82, 2.24) is 4.90 Å². The Morgan fingerprint density at radius 2 is 1.44 bits per heavy atom. The standard InChI is InChI=1S/C19H26NO.3C4H9.Sn/c1-20(2)19(21)15-18(17-11-7-4-8-12-17)14-13-16-9-5-3-6-10-16;3*1-3-4-2;/h4,7-8,11-14,16H,3,5-6,9-10,15H2,1-2H3;3*1,3-4H2,2H3;/b14-13+;;;;. The fraction of sp³-hybridized carbons (Fsp3) is 0.710. The van der Waals surface area contributed by atoms with Gasteiger partial charge in [-0.25, -0.2) is 0 Å². The third-order valence-electron chi connectivity index (χ3n) is 8.49. The summed E-state index contributed by atoms with van der Waals surface area (Å²) in [7, 11) is 3.90. The summed E-state index contributed by atoms with van der Waals surface area (Å²) in [5.41, 5.74) is 1.44. The first-order chi connectivity index (χ1) is 16.4. The zero-order valence-electron chi connectivity index (χ0n) is 23.1. The van der Waals surface area contributed by atoms with Crippen LogP contribution in [-0.2, 0) is 8.23 Å². The molecule has 1 aromatic carbocycles. The van der Waals surface area contributed by atoms with E-state index in [4.69, 9.17) is 0 Å². The minimum atomic E-state index is -2.94. The van der Waals surface area contributed by atoms with Crippen LogP contribution < -0.4 is 0 Å². The van der Waals surface area contributed by atoms with E-state index in [1.807, 2.05) is 19.0 Å². The summed E-state index contributed by atoms with van der Waals surface area (Å²) in [6, 6.07) is 11.3. The molecule has 1 fully saturated rings. The minimum absolute atomic E-state index is 0.0474. The first kappa shape index (κ1) is 29.5. The van der Waals surface area contributed by atoms with Crippen molar-refractivity contribution in [2.24, 2.45) is 5.92 Å². The topological polar surface area (TPSA) is 20.3 Å². The van der Waals surface area contributed by atoms with E-state index in [-0.39, 0.29) is 3.43 Å². The normalized spacial score (nSPS) is 17.1. The van der Waals surface area contributed by atoms with Gasteiger partial charge < -0.3 is 0 Å². The van der Waals surface area contributed by atoms with Gasteiger partial charge in [-0.15, -0.1) is 0 Å². The second kappa shape index (κ2) is 15.4. The van der Waals surface area contributed by atoms with Crippen LogP contribution in [0.3, 0.4) is 0 Å². The van der Waals surface area contributed by atoms with Crippen molar-refractivity contribution in [3.8, 4) is 0 Å². The van der Waals surface area contributed by atoms with E-state index in [9.17, 15) is 4.79 Å². The Kier molecular flexibility index (Phi) is 13.3. The fourth-order valence-corrected chi connectivity index (χ4v) is 26.1. The van der Waals surface area contributed by atoms with E-state index in [2.05, 4.69) is 63.3 Å². The second-order valence-corrected chi connectivity index (χ2v) is 25.3. The number of carbonyl (C=O) groups is 1. The van der Waals surface area contributed by atoms with Gasteiger partial charge in [0.05, 0.1) is 0 Å². The van der Waals surface area contributed by atoms with Gasteiger partial charge in [0.25, 0.3) is 0 Å². The van der Waals surface area contributed by atoms with Crippen LogP contribution >= 0.6 is 0 Å². The van der Waals surface area contributed by atoms with E-state index in [0.717, 1.165) is 0 Å². The molecule has 0 aromatic heterocycles. The van der Waals surface area contributed by atoms with Crippen molar-refractivity contribution in [3.63, 3.8) is 0 Å². The van der Waals surface area contributed by atoms with Crippen LogP contribution in [0.4, 0.5) is 0 Å². The number of amides is 1. The van der Waals surface area contributed by atoms with Gasteiger partial charge in [-0.2, -0.15) is 0 Å². The molecule has 2 nitrogen and oxygen atoms in total. The molecule has 0 N–H and O–H groups in total. The van der Waals surface area contributed by atoms with Crippen molar-refractivity contribution in [2.75, 3.05) is 14.1 Å². The third kappa shape index (κ3) is 7.87. The van der Waals surface area contributed by atoms with E-state index in [1.165, 1.54) is 89.5 Å². The predicted octanol–water partition coefficient (Wildman–Crippen LogP) is 8.93. The maximum absolute atomic E-state index is 13.6. The summed E-state index contributed by atoms with van der Waals surface area (Å²) in [6.45, 7) is 7.05. The molecule has 1 aromatic rings. The van der Waals surface area contributed by atoms with Crippen molar-refractivity contribution in [1.29, 1.82) is 0 Å². The molecule has 0 bridgehead atoms. The zero-order valence-corrected chi connectivity index (χ0v) is 25.9. The predicted molar refractivity (Wildman–Crippen MR) is 152 cm³/mol. The molecular formula is C31H53NOSn. The summed E-state index contributed by atoms with van der Waals surface area (Å²) in [6.07, 6.45) is 20.4. The van der Waals surface area contributed by atoms with E-state index in [0.29, 0.717) is 18.2 Å². The molecule has 0 radical (unpaired) electrons. The fourth-order valence-electron chi connectivity index (χ4n) is 6.28. The van der Waals surface area contributed by atoms with Gasteiger partial charge in [0.2, 0.25) is 0 Å². The molecule has 3 heteroatoms. The Morgan fingerprint density at radius 1 is 0.912 bits per heavy atom. The molecular weight excluding hydrogens is 521 g/mol. The number of hydrogen-bond donors (Lipinski definition) is 0. The van der Waals surface area contributed by atoms with Crippen LogP contribution in [0.25, 0.3) is 0 Å². The van der Waals surface area contributed by atoms with Crippen molar-refractivity contribution < 1.29 is 4.79 Å². The Bertz CT molecular complexity index is 700. The van der Waals surface area contributed by atoms with Gasteiger partial charge in [0, 0.05) is 0 Å². The van der Waals surface area contributed by atoms with Gasteiger partial charge in [-0.05, 0) is 0 Å². The summed E-state index contributed by atoms with van der Waals surface area (Å²) < 4.78 is 4.19. The summed E-state index contributed by atoms with van der Waals surface area (Å²) in [5.74, 6) is 1.00. The second-order valence-electron chi connectivity index (χ2n) is 11.2. The SMILES string of the molecule is CCC[CH2][Sn]([CH2]CCC)([CH2]CCC)[C](/C=C/C1CCCCC1)(CC(=O)N(C)C)c1ccccc1.